The minimum absolute atomic E-state index is 0.00827. The van der Waals surface area contributed by atoms with E-state index >= 15 is 0 Å². The van der Waals surface area contributed by atoms with Crippen LogP contribution in [0.5, 0.6) is 0 Å². The lowest BCUT2D eigenvalue weighted by Crippen LogP contribution is -2.42. The summed E-state index contributed by atoms with van der Waals surface area (Å²) in [6, 6.07) is 6.16. The maximum Gasteiger partial charge on any atom is 0.238 e. The van der Waals surface area contributed by atoms with Crippen molar-refractivity contribution in [3.63, 3.8) is 0 Å². The summed E-state index contributed by atoms with van der Waals surface area (Å²) in [7, 11) is 1.80. The van der Waals surface area contributed by atoms with E-state index in [4.69, 9.17) is 0 Å². The Kier molecular flexibility index (Phi) is 7.44. The number of aryl methyl sites for hydroxylation is 1. The molecule has 1 aliphatic carbocycles. The highest BCUT2D eigenvalue weighted by atomic mass is 16.2. The fourth-order valence-corrected chi connectivity index (χ4v) is 3.32. The molecular weight excluding hydrogens is 314 g/mol. The van der Waals surface area contributed by atoms with Gasteiger partial charge in [-0.2, -0.15) is 0 Å². The van der Waals surface area contributed by atoms with Gasteiger partial charge in [0.1, 0.15) is 0 Å². The second-order valence-electron chi connectivity index (χ2n) is 7.22. The van der Waals surface area contributed by atoms with Gasteiger partial charge in [-0.15, -0.1) is 0 Å². The van der Waals surface area contributed by atoms with Crippen LogP contribution >= 0.6 is 0 Å². The Bertz CT molecular complexity index is 593. The number of anilines is 1. The van der Waals surface area contributed by atoms with Crippen molar-refractivity contribution in [3.8, 4) is 0 Å². The average Bonchev–Trinajstić information content (AvgIpc) is 2.80. The molecule has 0 unspecified atom stereocenters. The monoisotopic (exact) mass is 345 g/mol. The van der Waals surface area contributed by atoms with Crippen molar-refractivity contribution in [1.82, 2.24) is 10.2 Å². The molecule has 138 valence electrons. The van der Waals surface area contributed by atoms with E-state index in [0.29, 0.717) is 6.04 Å². The summed E-state index contributed by atoms with van der Waals surface area (Å²) in [6.07, 6.45) is 7.07. The molecule has 0 bridgehead atoms. The zero-order valence-corrected chi connectivity index (χ0v) is 15.7. The maximum atomic E-state index is 12.2. The van der Waals surface area contributed by atoms with Gasteiger partial charge in [0.15, 0.2) is 0 Å². The first kappa shape index (κ1) is 19.4. The van der Waals surface area contributed by atoms with E-state index in [1.807, 2.05) is 32.0 Å². The Labute approximate surface area is 151 Å². The van der Waals surface area contributed by atoms with Crippen LogP contribution in [-0.4, -0.2) is 42.9 Å². The smallest absolute Gasteiger partial charge is 0.238 e. The molecule has 1 aromatic carbocycles. The van der Waals surface area contributed by atoms with Gasteiger partial charge in [-0.3, -0.25) is 14.5 Å². The fraction of sp³-hybridized carbons (Fsp3) is 0.600. The van der Waals surface area contributed by atoms with Crippen LogP contribution in [0.15, 0.2) is 18.2 Å². The van der Waals surface area contributed by atoms with Crippen molar-refractivity contribution in [3.05, 3.63) is 29.3 Å². The summed E-state index contributed by atoms with van der Waals surface area (Å²) in [5, 5.41) is 6.05. The molecule has 5 heteroatoms. The van der Waals surface area contributed by atoms with Gasteiger partial charge in [-0.1, -0.05) is 37.8 Å². The molecule has 0 aliphatic heterocycles. The van der Waals surface area contributed by atoms with Crippen molar-refractivity contribution in [2.75, 3.05) is 25.5 Å². The molecule has 2 amide bonds. The normalized spacial score (nSPS) is 15.7. The van der Waals surface area contributed by atoms with Crippen molar-refractivity contribution in [1.29, 1.82) is 0 Å². The molecule has 2 rings (SSSR count). The third-order valence-corrected chi connectivity index (χ3v) is 4.93. The predicted molar refractivity (Wildman–Crippen MR) is 102 cm³/mol. The van der Waals surface area contributed by atoms with Gasteiger partial charge in [0.2, 0.25) is 11.8 Å². The van der Waals surface area contributed by atoms with Crippen LogP contribution in [0, 0.1) is 13.8 Å². The van der Waals surface area contributed by atoms with E-state index in [0.717, 1.165) is 29.7 Å². The van der Waals surface area contributed by atoms with Gasteiger partial charge >= 0.3 is 0 Å². The summed E-state index contributed by atoms with van der Waals surface area (Å²) < 4.78 is 0. The van der Waals surface area contributed by atoms with Crippen LogP contribution < -0.4 is 10.6 Å². The first-order valence-electron chi connectivity index (χ1n) is 9.29. The van der Waals surface area contributed by atoms with Crippen molar-refractivity contribution < 1.29 is 9.59 Å². The molecule has 1 fully saturated rings. The van der Waals surface area contributed by atoms with E-state index in [9.17, 15) is 9.59 Å². The molecule has 5 nitrogen and oxygen atoms in total. The van der Waals surface area contributed by atoms with Crippen molar-refractivity contribution >= 4 is 17.5 Å². The number of nitrogens with zero attached hydrogens (tertiary/aromatic N) is 1. The van der Waals surface area contributed by atoms with E-state index in [1.54, 1.807) is 11.9 Å². The largest absolute Gasteiger partial charge is 0.352 e. The van der Waals surface area contributed by atoms with Crippen LogP contribution in [0.1, 0.15) is 49.7 Å². The maximum absolute atomic E-state index is 12.2. The summed E-state index contributed by atoms with van der Waals surface area (Å²) in [6.45, 7) is 4.46. The number of hydrogen-bond donors (Lipinski definition) is 2. The molecule has 25 heavy (non-hydrogen) atoms. The molecular formula is C20H31N3O2. The zero-order valence-electron chi connectivity index (χ0n) is 15.7. The Balaban J connectivity index is 1.76. The second kappa shape index (κ2) is 9.56. The SMILES string of the molecule is Cc1cccc(NC(=O)CN(C)CC(=O)NC2CCCCCC2)c1C. The molecule has 1 aliphatic rings. The van der Waals surface area contributed by atoms with Gasteiger partial charge in [-0.25, -0.2) is 0 Å². The lowest BCUT2D eigenvalue weighted by Gasteiger charge is -2.20. The van der Waals surface area contributed by atoms with Gasteiger partial charge in [0, 0.05) is 11.7 Å². The Morgan fingerprint density at radius 1 is 1.04 bits per heavy atom. The lowest BCUT2D eigenvalue weighted by atomic mass is 10.1. The molecule has 1 saturated carbocycles. The molecule has 0 atom stereocenters. The number of rotatable bonds is 6. The Morgan fingerprint density at radius 3 is 2.36 bits per heavy atom. The molecule has 0 aromatic heterocycles. The van der Waals surface area contributed by atoms with E-state index < -0.39 is 0 Å². The first-order valence-corrected chi connectivity index (χ1v) is 9.29. The van der Waals surface area contributed by atoms with E-state index in [1.165, 1.54) is 25.7 Å². The highest BCUT2D eigenvalue weighted by Gasteiger charge is 2.17. The van der Waals surface area contributed by atoms with E-state index in [-0.39, 0.29) is 24.9 Å². The molecule has 0 heterocycles. The average molecular weight is 345 g/mol. The van der Waals surface area contributed by atoms with Crippen molar-refractivity contribution in [2.24, 2.45) is 0 Å². The quantitative estimate of drug-likeness (QED) is 0.779. The number of hydrogen-bond acceptors (Lipinski definition) is 3. The molecule has 2 N–H and O–H groups in total. The lowest BCUT2D eigenvalue weighted by molar-refractivity contribution is -0.123. The van der Waals surface area contributed by atoms with Crippen LogP contribution in [0.4, 0.5) is 5.69 Å². The number of amides is 2. The summed E-state index contributed by atoms with van der Waals surface area (Å²) in [5.41, 5.74) is 3.06. The fourth-order valence-electron chi connectivity index (χ4n) is 3.32. The number of benzene rings is 1. The molecule has 1 aromatic rings. The predicted octanol–water partition coefficient (Wildman–Crippen LogP) is 3.01. The molecule has 0 spiro atoms. The van der Waals surface area contributed by atoms with Crippen LogP contribution in [0.25, 0.3) is 0 Å². The third-order valence-electron chi connectivity index (χ3n) is 4.93. The Hall–Kier alpha value is -1.88. The summed E-state index contributed by atoms with van der Waals surface area (Å²) in [5.74, 6) is -0.0904. The number of carbonyl (C=O) groups is 2. The van der Waals surface area contributed by atoms with Crippen LogP contribution in [0.2, 0.25) is 0 Å². The van der Waals surface area contributed by atoms with Gasteiger partial charge in [0.05, 0.1) is 13.1 Å². The Morgan fingerprint density at radius 2 is 1.68 bits per heavy atom. The topological polar surface area (TPSA) is 61.4 Å². The van der Waals surface area contributed by atoms with Crippen LogP contribution in [0.3, 0.4) is 0 Å². The van der Waals surface area contributed by atoms with Crippen LogP contribution in [-0.2, 0) is 9.59 Å². The van der Waals surface area contributed by atoms with Gasteiger partial charge in [0.25, 0.3) is 0 Å². The minimum atomic E-state index is -0.0986. The summed E-state index contributed by atoms with van der Waals surface area (Å²) in [4.78, 5) is 26.2. The molecule has 0 radical (unpaired) electrons. The zero-order chi connectivity index (χ0) is 18.2. The number of carbonyl (C=O) groups excluding carboxylic acids is 2. The molecule has 0 saturated heterocycles. The highest BCUT2D eigenvalue weighted by Crippen LogP contribution is 2.18. The minimum Gasteiger partial charge on any atom is -0.352 e. The summed E-state index contributed by atoms with van der Waals surface area (Å²) >= 11 is 0. The standard InChI is InChI=1S/C20H31N3O2/c1-15-9-8-12-18(16(15)2)22-20(25)14-23(3)13-19(24)21-17-10-6-4-5-7-11-17/h8-9,12,17H,4-7,10-11,13-14H2,1-3H3,(H,21,24)(H,22,25). The second-order valence-corrected chi connectivity index (χ2v) is 7.22. The van der Waals surface area contributed by atoms with Crippen molar-refractivity contribution in [2.45, 2.75) is 58.4 Å². The first-order chi connectivity index (χ1) is 12.0. The number of likely N-dealkylation sites (N-methyl/N-ethyl adjacent to an activating group) is 1. The van der Waals surface area contributed by atoms with Gasteiger partial charge in [-0.05, 0) is 50.9 Å². The van der Waals surface area contributed by atoms with E-state index in [2.05, 4.69) is 10.6 Å². The van der Waals surface area contributed by atoms with Gasteiger partial charge < -0.3 is 10.6 Å². The number of nitrogens with one attached hydrogen (secondary N) is 2. The third kappa shape index (κ3) is 6.50. The highest BCUT2D eigenvalue weighted by molar-refractivity contribution is 5.93.